The highest BCUT2D eigenvalue weighted by Crippen LogP contribution is 2.31. The summed E-state index contributed by atoms with van der Waals surface area (Å²) in [6, 6.07) is 16.1. The Bertz CT molecular complexity index is 954. The van der Waals surface area contributed by atoms with Gasteiger partial charge in [0.25, 0.3) is 0 Å². The zero-order valence-corrected chi connectivity index (χ0v) is 16.2. The molecule has 146 valence electrons. The van der Waals surface area contributed by atoms with Gasteiger partial charge in [-0.05, 0) is 18.6 Å². The van der Waals surface area contributed by atoms with E-state index in [0.717, 1.165) is 59.0 Å². The van der Waals surface area contributed by atoms with E-state index >= 15 is 0 Å². The fourth-order valence-corrected chi connectivity index (χ4v) is 3.69. The first-order valence-corrected chi connectivity index (χ1v) is 9.44. The first-order valence-electron chi connectivity index (χ1n) is 9.44. The topological polar surface area (TPSA) is 66.9 Å². The van der Waals surface area contributed by atoms with Crippen LogP contribution in [0.15, 0.2) is 48.5 Å². The van der Waals surface area contributed by atoms with Gasteiger partial charge in [0.1, 0.15) is 17.3 Å². The second-order valence-corrected chi connectivity index (χ2v) is 6.99. The largest absolute Gasteiger partial charge is 0.497 e. The Labute approximate surface area is 164 Å². The first-order chi connectivity index (χ1) is 13.7. The molecule has 0 radical (unpaired) electrons. The summed E-state index contributed by atoms with van der Waals surface area (Å²) >= 11 is 0. The lowest BCUT2D eigenvalue weighted by atomic mass is 10.1. The van der Waals surface area contributed by atoms with E-state index in [1.807, 2.05) is 48.5 Å². The molecule has 0 amide bonds. The van der Waals surface area contributed by atoms with E-state index < -0.39 is 0 Å². The van der Waals surface area contributed by atoms with E-state index in [9.17, 15) is 5.11 Å². The number of benzene rings is 2. The van der Waals surface area contributed by atoms with Crippen molar-refractivity contribution < 1.29 is 14.6 Å². The van der Waals surface area contributed by atoms with E-state index in [-0.39, 0.29) is 12.6 Å². The Morgan fingerprint density at radius 1 is 1.11 bits per heavy atom. The zero-order chi connectivity index (χ0) is 19.5. The third-order valence-corrected chi connectivity index (χ3v) is 5.20. The number of nitrogens with zero attached hydrogens (tertiary/aromatic N) is 2. The Morgan fingerprint density at radius 3 is 2.57 bits per heavy atom. The lowest BCUT2D eigenvalue weighted by molar-refractivity contribution is 0.282. The fourth-order valence-electron chi connectivity index (χ4n) is 3.69. The molecule has 1 saturated heterocycles. The number of aliphatic hydroxyl groups is 1. The number of aliphatic hydroxyl groups excluding tert-OH is 1. The van der Waals surface area contributed by atoms with Crippen LogP contribution >= 0.6 is 0 Å². The number of rotatable bonds is 6. The molecule has 0 saturated carbocycles. The SMILES string of the molecule is COc1cc(OC)cc(N2CCC(Nc3nc4ccccc4cc3CO)C2)c1. The monoisotopic (exact) mass is 379 g/mol. The van der Waals surface area contributed by atoms with Crippen LogP contribution in [0.3, 0.4) is 0 Å². The van der Waals surface area contributed by atoms with Crippen molar-refractivity contribution in [1.29, 1.82) is 0 Å². The lowest BCUT2D eigenvalue weighted by Crippen LogP contribution is -2.26. The quantitative estimate of drug-likeness (QED) is 0.684. The molecule has 1 fully saturated rings. The zero-order valence-electron chi connectivity index (χ0n) is 16.2. The number of para-hydroxylation sites is 1. The van der Waals surface area contributed by atoms with Gasteiger partial charge in [0.15, 0.2) is 0 Å². The molecule has 3 aromatic rings. The van der Waals surface area contributed by atoms with Crippen molar-refractivity contribution >= 4 is 22.4 Å². The summed E-state index contributed by atoms with van der Waals surface area (Å²) in [4.78, 5) is 7.04. The maximum atomic E-state index is 9.78. The normalized spacial score (nSPS) is 16.4. The van der Waals surface area contributed by atoms with Crippen molar-refractivity contribution in [2.24, 2.45) is 0 Å². The Morgan fingerprint density at radius 2 is 1.86 bits per heavy atom. The van der Waals surface area contributed by atoms with E-state index in [1.165, 1.54) is 0 Å². The Kier molecular flexibility index (Phi) is 5.21. The molecule has 28 heavy (non-hydrogen) atoms. The molecule has 1 aromatic heterocycles. The van der Waals surface area contributed by atoms with Gasteiger partial charge in [0.05, 0.1) is 26.3 Å². The number of methoxy groups -OCH3 is 2. The van der Waals surface area contributed by atoms with E-state index in [0.29, 0.717) is 0 Å². The summed E-state index contributed by atoms with van der Waals surface area (Å²) < 4.78 is 10.8. The lowest BCUT2D eigenvalue weighted by Gasteiger charge is -2.21. The summed E-state index contributed by atoms with van der Waals surface area (Å²) in [5.74, 6) is 2.32. The standard InChI is InChI=1S/C22H25N3O3/c1-27-19-10-18(11-20(12-19)28-2)25-8-7-17(13-25)23-22-16(14-26)9-15-5-3-4-6-21(15)24-22/h3-6,9-12,17,26H,7-8,13-14H2,1-2H3,(H,23,24). The number of fused-ring (bicyclic) bond motifs is 1. The molecule has 2 N–H and O–H groups in total. The molecule has 0 bridgehead atoms. The van der Waals surface area contributed by atoms with Crippen LogP contribution in [0.5, 0.6) is 11.5 Å². The van der Waals surface area contributed by atoms with Crippen molar-refractivity contribution in [2.75, 3.05) is 37.5 Å². The first kappa shape index (κ1) is 18.4. The molecule has 0 aliphatic carbocycles. The van der Waals surface area contributed by atoms with Crippen LogP contribution in [0.2, 0.25) is 0 Å². The summed E-state index contributed by atoms with van der Waals surface area (Å²) in [5, 5.41) is 14.3. The highest BCUT2D eigenvalue weighted by molar-refractivity contribution is 5.81. The van der Waals surface area contributed by atoms with Crippen LogP contribution in [-0.2, 0) is 6.61 Å². The van der Waals surface area contributed by atoms with Crippen molar-refractivity contribution in [3.63, 3.8) is 0 Å². The van der Waals surface area contributed by atoms with Crippen molar-refractivity contribution in [3.8, 4) is 11.5 Å². The number of aromatic nitrogens is 1. The average Bonchev–Trinajstić information content (AvgIpc) is 3.21. The van der Waals surface area contributed by atoms with E-state index in [2.05, 4.69) is 10.2 Å². The molecular formula is C22H25N3O3. The summed E-state index contributed by atoms with van der Waals surface area (Å²) in [6.45, 7) is 1.73. The molecular weight excluding hydrogens is 354 g/mol. The van der Waals surface area contributed by atoms with Gasteiger partial charge < -0.3 is 24.8 Å². The molecule has 4 rings (SSSR count). The van der Waals surface area contributed by atoms with Gasteiger partial charge >= 0.3 is 0 Å². The number of hydrogen-bond donors (Lipinski definition) is 2. The van der Waals surface area contributed by atoms with Gasteiger partial charge in [-0.3, -0.25) is 0 Å². The van der Waals surface area contributed by atoms with Gasteiger partial charge in [0.2, 0.25) is 0 Å². The molecule has 1 aliphatic heterocycles. The van der Waals surface area contributed by atoms with Crippen LogP contribution in [-0.4, -0.2) is 43.4 Å². The third-order valence-electron chi connectivity index (χ3n) is 5.20. The molecule has 1 aliphatic rings. The molecule has 1 unspecified atom stereocenters. The van der Waals surface area contributed by atoms with Gasteiger partial charge in [-0.25, -0.2) is 4.98 Å². The van der Waals surface area contributed by atoms with E-state index in [1.54, 1.807) is 14.2 Å². The summed E-state index contributed by atoms with van der Waals surface area (Å²) in [5.41, 5.74) is 2.82. The van der Waals surface area contributed by atoms with Crippen LogP contribution < -0.4 is 19.7 Å². The van der Waals surface area contributed by atoms with Crippen LogP contribution in [0.4, 0.5) is 11.5 Å². The molecule has 2 aromatic carbocycles. The van der Waals surface area contributed by atoms with Crippen molar-refractivity contribution in [2.45, 2.75) is 19.1 Å². The molecule has 6 heteroatoms. The number of hydrogen-bond acceptors (Lipinski definition) is 6. The fraction of sp³-hybridized carbons (Fsp3) is 0.318. The highest BCUT2D eigenvalue weighted by Gasteiger charge is 2.24. The maximum Gasteiger partial charge on any atom is 0.132 e. The predicted molar refractivity (Wildman–Crippen MR) is 111 cm³/mol. The minimum Gasteiger partial charge on any atom is -0.497 e. The molecule has 6 nitrogen and oxygen atoms in total. The Hall–Kier alpha value is -2.99. The Balaban J connectivity index is 1.53. The summed E-state index contributed by atoms with van der Waals surface area (Å²) in [7, 11) is 3.32. The minimum atomic E-state index is -0.0380. The summed E-state index contributed by atoms with van der Waals surface area (Å²) in [6.07, 6.45) is 0.985. The molecule has 1 atom stereocenters. The van der Waals surface area contributed by atoms with Crippen molar-refractivity contribution in [3.05, 3.63) is 54.1 Å². The smallest absolute Gasteiger partial charge is 0.132 e. The van der Waals surface area contributed by atoms with Gasteiger partial charge in [-0.15, -0.1) is 0 Å². The van der Waals surface area contributed by atoms with Gasteiger partial charge in [-0.2, -0.15) is 0 Å². The van der Waals surface area contributed by atoms with Crippen molar-refractivity contribution in [1.82, 2.24) is 4.98 Å². The molecule has 2 heterocycles. The minimum absolute atomic E-state index is 0.0380. The van der Waals surface area contributed by atoms with Crippen LogP contribution in [0.25, 0.3) is 10.9 Å². The van der Waals surface area contributed by atoms with Crippen LogP contribution in [0, 0.1) is 0 Å². The number of ether oxygens (including phenoxy) is 2. The third kappa shape index (κ3) is 3.68. The highest BCUT2D eigenvalue weighted by atomic mass is 16.5. The number of pyridine rings is 1. The predicted octanol–water partition coefficient (Wildman–Crippen LogP) is 3.44. The second-order valence-electron chi connectivity index (χ2n) is 6.99. The molecule has 0 spiro atoms. The van der Waals surface area contributed by atoms with Gasteiger partial charge in [-0.1, -0.05) is 18.2 Å². The van der Waals surface area contributed by atoms with Gasteiger partial charge in [0, 0.05) is 54.0 Å². The second kappa shape index (κ2) is 7.94. The average molecular weight is 379 g/mol. The number of anilines is 2. The maximum absolute atomic E-state index is 9.78. The van der Waals surface area contributed by atoms with E-state index in [4.69, 9.17) is 14.5 Å². The van der Waals surface area contributed by atoms with Crippen LogP contribution in [0.1, 0.15) is 12.0 Å². The number of nitrogens with one attached hydrogen (secondary N) is 1.